The lowest BCUT2D eigenvalue weighted by Crippen LogP contribution is -2.30. The zero-order valence-electron chi connectivity index (χ0n) is 20.0. The summed E-state index contributed by atoms with van der Waals surface area (Å²) < 4.78 is 18.4. The summed E-state index contributed by atoms with van der Waals surface area (Å²) in [7, 11) is 4.72. The Hall–Kier alpha value is -3.46. The van der Waals surface area contributed by atoms with Crippen molar-refractivity contribution >= 4 is 28.6 Å². The average molecular weight is 456 g/mol. The number of anilines is 2. The van der Waals surface area contributed by atoms with E-state index in [1.165, 1.54) is 0 Å². The predicted octanol–water partition coefficient (Wildman–Crippen LogP) is 3.64. The number of aromatic nitrogens is 2. The van der Waals surface area contributed by atoms with Crippen molar-refractivity contribution in [2.75, 3.05) is 46.3 Å². The summed E-state index contributed by atoms with van der Waals surface area (Å²) in [5.41, 5.74) is 8.82. The lowest BCUT2D eigenvalue weighted by molar-refractivity contribution is 0.0773. The first-order chi connectivity index (χ1) is 16.0. The number of carbonyl (C=O) groups excluding carboxylic acids is 1. The fourth-order valence-electron chi connectivity index (χ4n) is 3.80. The van der Waals surface area contributed by atoms with Crippen molar-refractivity contribution in [3.63, 3.8) is 0 Å². The van der Waals surface area contributed by atoms with Crippen LogP contribution in [0.25, 0.3) is 11.0 Å². The highest BCUT2D eigenvalue weighted by molar-refractivity contribution is 5.97. The average Bonchev–Trinajstić information content (AvgIpc) is 3.18. The van der Waals surface area contributed by atoms with Crippen molar-refractivity contribution in [1.29, 1.82) is 0 Å². The van der Waals surface area contributed by atoms with Gasteiger partial charge in [0.15, 0.2) is 11.5 Å². The van der Waals surface area contributed by atoms with E-state index < -0.39 is 0 Å². The van der Waals surface area contributed by atoms with Crippen LogP contribution in [0.5, 0.6) is 17.2 Å². The fraction of sp³-hybridized carbons (Fsp3) is 0.417. The minimum atomic E-state index is 0.00705. The van der Waals surface area contributed by atoms with Crippen molar-refractivity contribution in [3.8, 4) is 17.2 Å². The van der Waals surface area contributed by atoms with Gasteiger partial charge in [-0.2, -0.15) is 0 Å². The van der Waals surface area contributed by atoms with Crippen molar-refractivity contribution < 1.29 is 19.0 Å². The Labute approximate surface area is 194 Å². The first-order valence-electron chi connectivity index (χ1n) is 11.1. The molecule has 9 heteroatoms. The topological polar surface area (TPSA) is 104 Å². The van der Waals surface area contributed by atoms with Crippen LogP contribution in [-0.2, 0) is 6.54 Å². The number of hydrogen-bond acceptors (Lipinski definition) is 7. The van der Waals surface area contributed by atoms with Crippen LogP contribution in [0.1, 0.15) is 30.6 Å². The van der Waals surface area contributed by atoms with E-state index in [1.54, 1.807) is 26.2 Å². The third-order valence-electron chi connectivity index (χ3n) is 5.55. The summed E-state index contributed by atoms with van der Waals surface area (Å²) >= 11 is 0. The number of benzene rings is 2. The number of nitrogens with zero attached hydrogens (tertiary/aromatic N) is 3. The molecule has 0 unspecified atom stereocenters. The molecule has 2 aromatic carbocycles. The molecule has 9 nitrogen and oxygen atoms in total. The summed E-state index contributed by atoms with van der Waals surface area (Å²) in [4.78, 5) is 19.5. The van der Waals surface area contributed by atoms with E-state index in [4.69, 9.17) is 24.9 Å². The van der Waals surface area contributed by atoms with Crippen LogP contribution in [0.15, 0.2) is 30.3 Å². The SMILES string of the molecule is CCN(CC)C(=O)c1ccc2nc(Nc3cc(OC)c(OC)c(OC)c3)n(CCCN)c2c1. The van der Waals surface area contributed by atoms with E-state index in [0.717, 1.165) is 23.1 Å². The van der Waals surface area contributed by atoms with Crippen LogP contribution in [0.2, 0.25) is 0 Å². The number of nitrogens with one attached hydrogen (secondary N) is 1. The van der Waals surface area contributed by atoms with Gasteiger partial charge in [0.05, 0.1) is 32.4 Å². The summed E-state index contributed by atoms with van der Waals surface area (Å²) in [5, 5.41) is 3.37. The molecule has 1 heterocycles. The highest BCUT2D eigenvalue weighted by atomic mass is 16.5. The molecule has 3 aromatic rings. The molecule has 0 spiro atoms. The number of imidazole rings is 1. The molecular formula is C24H33N5O4. The van der Waals surface area contributed by atoms with Gasteiger partial charge in [0.2, 0.25) is 11.7 Å². The van der Waals surface area contributed by atoms with Crippen LogP contribution in [0, 0.1) is 0 Å². The van der Waals surface area contributed by atoms with Gasteiger partial charge in [-0.3, -0.25) is 4.79 Å². The molecule has 0 aliphatic rings. The molecule has 3 N–H and O–H groups in total. The number of aryl methyl sites for hydroxylation is 1. The van der Waals surface area contributed by atoms with E-state index in [1.807, 2.05) is 48.7 Å². The van der Waals surface area contributed by atoms with Crippen LogP contribution >= 0.6 is 0 Å². The molecule has 0 saturated carbocycles. The molecule has 3 rings (SSSR count). The maximum absolute atomic E-state index is 12.9. The van der Waals surface area contributed by atoms with Crippen LogP contribution < -0.4 is 25.3 Å². The van der Waals surface area contributed by atoms with Crippen molar-refractivity contribution in [1.82, 2.24) is 14.5 Å². The number of fused-ring (bicyclic) bond motifs is 1. The molecule has 0 atom stereocenters. The molecule has 0 radical (unpaired) electrons. The zero-order valence-corrected chi connectivity index (χ0v) is 20.0. The van der Waals surface area contributed by atoms with Gasteiger partial charge >= 0.3 is 0 Å². The Morgan fingerprint density at radius 2 is 1.73 bits per heavy atom. The summed E-state index contributed by atoms with van der Waals surface area (Å²) in [6.07, 6.45) is 0.767. The molecular weight excluding hydrogens is 422 g/mol. The quantitative estimate of drug-likeness (QED) is 0.455. The number of ether oxygens (including phenoxy) is 3. The summed E-state index contributed by atoms with van der Waals surface area (Å²) in [5.74, 6) is 2.24. The Kier molecular flexibility index (Phi) is 8.00. The van der Waals surface area contributed by atoms with Gasteiger partial charge in [-0.25, -0.2) is 4.98 Å². The zero-order chi connectivity index (χ0) is 24.0. The molecule has 178 valence electrons. The van der Waals surface area contributed by atoms with Gasteiger partial charge in [0.25, 0.3) is 5.91 Å². The first-order valence-corrected chi connectivity index (χ1v) is 11.1. The highest BCUT2D eigenvalue weighted by Crippen LogP contribution is 2.40. The summed E-state index contributed by atoms with van der Waals surface area (Å²) in [6, 6.07) is 9.25. The van der Waals surface area contributed by atoms with Crippen LogP contribution in [-0.4, -0.2) is 61.3 Å². The lowest BCUT2D eigenvalue weighted by atomic mass is 10.1. The Morgan fingerprint density at radius 1 is 1.06 bits per heavy atom. The number of amides is 1. The molecule has 0 saturated heterocycles. The molecule has 0 fully saturated rings. The Balaban J connectivity index is 2.06. The van der Waals surface area contributed by atoms with Gasteiger partial charge < -0.3 is 34.7 Å². The molecule has 0 aliphatic carbocycles. The number of hydrogen-bond donors (Lipinski definition) is 2. The highest BCUT2D eigenvalue weighted by Gasteiger charge is 2.18. The van der Waals surface area contributed by atoms with Crippen molar-refractivity contribution in [2.24, 2.45) is 5.73 Å². The number of rotatable bonds is 11. The maximum Gasteiger partial charge on any atom is 0.253 e. The van der Waals surface area contributed by atoms with Gasteiger partial charge in [0, 0.05) is 43.0 Å². The smallest absolute Gasteiger partial charge is 0.253 e. The normalized spacial score (nSPS) is 10.8. The fourth-order valence-corrected chi connectivity index (χ4v) is 3.80. The van der Waals surface area contributed by atoms with Crippen LogP contribution in [0.3, 0.4) is 0 Å². The third kappa shape index (κ3) is 4.98. The minimum absolute atomic E-state index is 0.00705. The number of nitrogens with two attached hydrogens (primary N) is 1. The van der Waals surface area contributed by atoms with Crippen LogP contribution in [0.4, 0.5) is 11.6 Å². The van der Waals surface area contributed by atoms with Gasteiger partial charge in [-0.1, -0.05) is 0 Å². The molecule has 0 aliphatic heterocycles. The Bertz CT molecular complexity index is 1080. The molecule has 1 amide bonds. The van der Waals surface area contributed by atoms with E-state index in [0.29, 0.717) is 54.9 Å². The second-order valence-corrected chi connectivity index (χ2v) is 7.45. The number of methoxy groups -OCH3 is 3. The third-order valence-corrected chi connectivity index (χ3v) is 5.55. The van der Waals surface area contributed by atoms with E-state index in [9.17, 15) is 4.79 Å². The predicted molar refractivity (Wildman–Crippen MR) is 130 cm³/mol. The van der Waals surface area contributed by atoms with E-state index in [-0.39, 0.29) is 5.91 Å². The maximum atomic E-state index is 12.9. The standard InChI is InChI=1S/C24H33N5O4/c1-6-28(7-2)23(30)16-9-10-18-19(13-16)29(12-8-11-25)24(27-18)26-17-14-20(31-3)22(33-5)21(15-17)32-4/h9-10,13-15H,6-8,11-12,25H2,1-5H3,(H,26,27). The molecule has 0 bridgehead atoms. The molecule has 1 aromatic heterocycles. The Morgan fingerprint density at radius 3 is 2.27 bits per heavy atom. The van der Waals surface area contributed by atoms with Crippen molar-refractivity contribution in [2.45, 2.75) is 26.8 Å². The molecule has 33 heavy (non-hydrogen) atoms. The first kappa shape index (κ1) is 24.2. The monoisotopic (exact) mass is 455 g/mol. The van der Waals surface area contributed by atoms with E-state index in [2.05, 4.69) is 5.32 Å². The van der Waals surface area contributed by atoms with Gasteiger partial charge in [0.1, 0.15) is 0 Å². The summed E-state index contributed by atoms with van der Waals surface area (Å²) in [6.45, 7) is 6.47. The lowest BCUT2D eigenvalue weighted by Gasteiger charge is -2.18. The second kappa shape index (κ2) is 10.9. The number of carbonyl (C=O) groups is 1. The van der Waals surface area contributed by atoms with Gasteiger partial charge in [-0.15, -0.1) is 0 Å². The van der Waals surface area contributed by atoms with E-state index >= 15 is 0 Å². The second-order valence-electron chi connectivity index (χ2n) is 7.45. The van der Waals surface area contributed by atoms with Gasteiger partial charge in [-0.05, 0) is 45.0 Å². The van der Waals surface area contributed by atoms with Crippen molar-refractivity contribution in [3.05, 3.63) is 35.9 Å². The largest absolute Gasteiger partial charge is 0.493 e. The minimum Gasteiger partial charge on any atom is -0.493 e.